The molecule has 1 N–H and O–H groups in total. The number of carbonyl (C=O) groups is 1. The predicted molar refractivity (Wildman–Crippen MR) is 65.6 cm³/mol. The quantitative estimate of drug-likeness (QED) is 0.871. The first-order valence-corrected chi connectivity index (χ1v) is 6.18. The summed E-state index contributed by atoms with van der Waals surface area (Å²) >= 11 is 0. The molecule has 3 heteroatoms. The van der Waals surface area contributed by atoms with Gasteiger partial charge in [-0.25, -0.2) is 4.79 Å². The van der Waals surface area contributed by atoms with Crippen molar-refractivity contribution in [1.82, 2.24) is 0 Å². The zero-order valence-corrected chi connectivity index (χ0v) is 10.1. The van der Waals surface area contributed by atoms with Crippen LogP contribution < -0.4 is 4.74 Å². The largest absolute Gasteiger partial charge is 0.489 e. The molecule has 0 radical (unpaired) electrons. The van der Waals surface area contributed by atoms with Gasteiger partial charge < -0.3 is 9.84 Å². The molecule has 2 rings (SSSR count). The van der Waals surface area contributed by atoms with Gasteiger partial charge >= 0.3 is 5.97 Å². The molecule has 17 heavy (non-hydrogen) atoms. The molecule has 0 heterocycles. The number of benzene rings is 1. The molecular formula is C14H18O3. The summed E-state index contributed by atoms with van der Waals surface area (Å²) in [6.07, 6.45) is 5.88. The minimum atomic E-state index is -0.917. The van der Waals surface area contributed by atoms with Gasteiger partial charge in [0.05, 0.1) is 6.10 Å². The molecule has 0 spiro atoms. The third-order valence-electron chi connectivity index (χ3n) is 3.28. The van der Waals surface area contributed by atoms with Gasteiger partial charge in [-0.05, 0) is 44.2 Å². The highest BCUT2D eigenvalue weighted by Crippen LogP contribution is 2.28. The number of carboxylic acids is 1. The normalized spacial score (nSPS) is 16.8. The summed E-state index contributed by atoms with van der Waals surface area (Å²) in [6, 6.07) is 5.25. The zero-order valence-electron chi connectivity index (χ0n) is 10.1. The van der Waals surface area contributed by atoms with Crippen LogP contribution in [0.15, 0.2) is 18.2 Å². The van der Waals surface area contributed by atoms with Crippen LogP contribution in [0.3, 0.4) is 0 Å². The summed E-state index contributed by atoms with van der Waals surface area (Å²) in [7, 11) is 0. The Morgan fingerprint density at radius 3 is 2.65 bits per heavy atom. The molecular weight excluding hydrogens is 216 g/mol. The first kappa shape index (κ1) is 12.0. The predicted octanol–water partition coefficient (Wildman–Crippen LogP) is 3.40. The van der Waals surface area contributed by atoms with E-state index >= 15 is 0 Å². The average Bonchev–Trinajstić information content (AvgIpc) is 2.33. The maximum atomic E-state index is 11.1. The van der Waals surface area contributed by atoms with Gasteiger partial charge in [0.25, 0.3) is 0 Å². The van der Waals surface area contributed by atoms with Crippen molar-refractivity contribution in [3.63, 3.8) is 0 Å². The van der Waals surface area contributed by atoms with Crippen molar-refractivity contribution >= 4 is 5.97 Å². The summed E-state index contributed by atoms with van der Waals surface area (Å²) in [5.41, 5.74) is 1.17. The first-order valence-electron chi connectivity index (χ1n) is 6.18. The molecule has 1 aliphatic carbocycles. The van der Waals surface area contributed by atoms with E-state index in [1.807, 2.05) is 13.0 Å². The molecule has 1 aromatic carbocycles. The standard InChI is InChI=1S/C14H18O3/c1-10-6-5-9-12(14(15)16)13(10)17-11-7-3-2-4-8-11/h5-6,9,11H,2-4,7-8H2,1H3,(H,15,16). The minimum Gasteiger partial charge on any atom is -0.489 e. The van der Waals surface area contributed by atoms with E-state index < -0.39 is 5.97 Å². The Morgan fingerprint density at radius 1 is 1.29 bits per heavy atom. The molecule has 0 atom stereocenters. The Morgan fingerprint density at radius 2 is 2.00 bits per heavy atom. The average molecular weight is 234 g/mol. The van der Waals surface area contributed by atoms with Gasteiger partial charge in [0.2, 0.25) is 0 Å². The van der Waals surface area contributed by atoms with Gasteiger partial charge in [0.1, 0.15) is 11.3 Å². The van der Waals surface area contributed by atoms with Crippen LogP contribution in [0.4, 0.5) is 0 Å². The fourth-order valence-corrected chi connectivity index (χ4v) is 2.33. The smallest absolute Gasteiger partial charge is 0.339 e. The zero-order chi connectivity index (χ0) is 12.3. The molecule has 0 bridgehead atoms. The Hall–Kier alpha value is -1.51. The molecule has 0 amide bonds. The van der Waals surface area contributed by atoms with E-state index in [4.69, 9.17) is 9.84 Å². The van der Waals surface area contributed by atoms with Gasteiger partial charge in [0.15, 0.2) is 0 Å². The number of carboxylic acid groups (broad SMARTS) is 1. The second-order valence-electron chi connectivity index (χ2n) is 4.63. The Balaban J connectivity index is 2.21. The lowest BCUT2D eigenvalue weighted by Gasteiger charge is -2.24. The molecule has 1 aliphatic rings. The molecule has 3 nitrogen and oxygen atoms in total. The first-order chi connectivity index (χ1) is 8.18. The monoisotopic (exact) mass is 234 g/mol. The summed E-state index contributed by atoms with van der Waals surface area (Å²) in [5.74, 6) is -0.369. The fourth-order valence-electron chi connectivity index (χ4n) is 2.33. The van der Waals surface area contributed by atoms with Crippen LogP contribution in [0, 0.1) is 6.92 Å². The lowest BCUT2D eigenvalue weighted by atomic mass is 9.97. The molecule has 0 unspecified atom stereocenters. The van der Waals surface area contributed by atoms with Gasteiger partial charge in [0, 0.05) is 0 Å². The number of para-hydroxylation sites is 1. The summed E-state index contributed by atoms with van der Waals surface area (Å²) in [5, 5.41) is 9.14. The van der Waals surface area contributed by atoms with E-state index in [2.05, 4.69) is 0 Å². The number of ether oxygens (including phenoxy) is 1. The summed E-state index contributed by atoms with van der Waals surface area (Å²) in [6.45, 7) is 1.89. The topological polar surface area (TPSA) is 46.5 Å². The van der Waals surface area contributed by atoms with Gasteiger partial charge in [-0.3, -0.25) is 0 Å². The highest BCUT2D eigenvalue weighted by Gasteiger charge is 2.19. The van der Waals surface area contributed by atoms with Crippen LogP contribution in [0.5, 0.6) is 5.75 Å². The Bertz CT molecular complexity index is 406. The Labute approximate surface area is 101 Å². The van der Waals surface area contributed by atoms with Crippen molar-refractivity contribution in [1.29, 1.82) is 0 Å². The number of hydrogen-bond acceptors (Lipinski definition) is 2. The second-order valence-corrected chi connectivity index (χ2v) is 4.63. The fraction of sp³-hybridized carbons (Fsp3) is 0.500. The highest BCUT2D eigenvalue weighted by molar-refractivity contribution is 5.91. The van der Waals surface area contributed by atoms with Gasteiger partial charge in [-0.15, -0.1) is 0 Å². The van der Waals surface area contributed by atoms with E-state index in [-0.39, 0.29) is 11.7 Å². The van der Waals surface area contributed by atoms with E-state index in [9.17, 15) is 4.79 Å². The van der Waals surface area contributed by atoms with E-state index in [0.717, 1.165) is 18.4 Å². The van der Waals surface area contributed by atoms with Crippen molar-refractivity contribution < 1.29 is 14.6 Å². The van der Waals surface area contributed by atoms with Crippen molar-refractivity contribution in [3.05, 3.63) is 29.3 Å². The molecule has 1 aromatic rings. The van der Waals surface area contributed by atoms with Gasteiger partial charge in [-0.2, -0.15) is 0 Å². The van der Waals surface area contributed by atoms with Crippen LogP contribution in [0.1, 0.15) is 48.0 Å². The van der Waals surface area contributed by atoms with E-state index in [1.54, 1.807) is 12.1 Å². The van der Waals surface area contributed by atoms with Gasteiger partial charge in [-0.1, -0.05) is 18.6 Å². The van der Waals surface area contributed by atoms with Crippen LogP contribution in [-0.2, 0) is 0 Å². The molecule has 1 fully saturated rings. The molecule has 0 saturated heterocycles. The Kier molecular flexibility index (Phi) is 3.67. The van der Waals surface area contributed by atoms with Crippen molar-refractivity contribution in [2.75, 3.05) is 0 Å². The maximum Gasteiger partial charge on any atom is 0.339 e. The third kappa shape index (κ3) is 2.78. The van der Waals surface area contributed by atoms with Crippen molar-refractivity contribution in [2.45, 2.75) is 45.1 Å². The number of aromatic carboxylic acids is 1. The molecule has 92 valence electrons. The van der Waals surface area contributed by atoms with E-state index in [1.165, 1.54) is 19.3 Å². The highest BCUT2D eigenvalue weighted by atomic mass is 16.5. The number of aryl methyl sites for hydroxylation is 1. The minimum absolute atomic E-state index is 0.183. The van der Waals surface area contributed by atoms with Crippen LogP contribution in [-0.4, -0.2) is 17.2 Å². The lowest BCUT2D eigenvalue weighted by Crippen LogP contribution is -2.21. The van der Waals surface area contributed by atoms with Crippen LogP contribution in [0.25, 0.3) is 0 Å². The third-order valence-corrected chi connectivity index (χ3v) is 3.28. The molecule has 0 aromatic heterocycles. The maximum absolute atomic E-state index is 11.1. The van der Waals surface area contributed by atoms with Crippen molar-refractivity contribution in [2.24, 2.45) is 0 Å². The SMILES string of the molecule is Cc1cccc(C(=O)O)c1OC1CCCCC1. The lowest BCUT2D eigenvalue weighted by molar-refractivity contribution is 0.0685. The van der Waals surface area contributed by atoms with Crippen molar-refractivity contribution in [3.8, 4) is 5.75 Å². The number of hydrogen-bond donors (Lipinski definition) is 1. The molecule has 1 saturated carbocycles. The summed E-state index contributed by atoms with van der Waals surface area (Å²) < 4.78 is 5.90. The number of rotatable bonds is 3. The molecule has 0 aliphatic heterocycles. The van der Waals surface area contributed by atoms with E-state index in [0.29, 0.717) is 5.75 Å². The second kappa shape index (κ2) is 5.21. The van der Waals surface area contributed by atoms with Crippen LogP contribution in [0.2, 0.25) is 0 Å². The summed E-state index contributed by atoms with van der Waals surface area (Å²) in [4.78, 5) is 11.1. The van der Waals surface area contributed by atoms with Crippen LogP contribution >= 0.6 is 0 Å².